The molecule has 0 atom stereocenters. The molecular weight excluding hydrogens is 317 g/mol. The minimum Gasteiger partial charge on any atom is -0.396 e. The Labute approximate surface area is 113 Å². The molecule has 0 fully saturated rings. The van der Waals surface area contributed by atoms with Gasteiger partial charge in [-0.05, 0) is 25.5 Å². The Balaban J connectivity index is 0.00000225. The zero-order valence-electron chi connectivity index (χ0n) is 9.31. The highest BCUT2D eigenvalue weighted by Crippen LogP contribution is 2.07. The van der Waals surface area contributed by atoms with E-state index >= 15 is 0 Å². The summed E-state index contributed by atoms with van der Waals surface area (Å²) in [7, 11) is 0. The van der Waals surface area contributed by atoms with Crippen molar-refractivity contribution in [2.45, 2.75) is 13.3 Å². The Morgan fingerprint density at radius 3 is 2.56 bits per heavy atom. The van der Waals surface area contributed by atoms with E-state index in [0.717, 1.165) is 5.69 Å². The summed E-state index contributed by atoms with van der Waals surface area (Å²) in [6.07, 6.45) is 0.635. The number of aliphatic hydroxyl groups excluding tert-OH is 1. The summed E-state index contributed by atoms with van der Waals surface area (Å²) in [6, 6.07) is 7.90. The molecule has 0 bridgehead atoms. The van der Waals surface area contributed by atoms with Gasteiger partial charge in [0.1, 0.15) is 0 Å². The molecule has 90 valence electrons. The van der Waals surface area contributed by atoms with Crippen LogP contribution in [0.2, 0.25) is 0 Å². The van der Waals surface area contributed by atoms with Gasteiger partial charge < -0.3 is 16.2 Å². The SMILES string of the molecule is Cc1ccc(NC(N)=NCCCO)cc1.I. The number of nitrogens with zero attached hydrogens (tertiary/aromatic N) is 1. The fourth-order valence-corrected chi connectivity index (χ4v) is 1.09. The van der Waals surface area contributed by atoms with Crippen molar-refractivity contribution < 1.29 is 5.11 Å². The highest BCUT2D eigenvalue weighted by Gasteiger charge is 1.93. The van der Waals surface area contributed by atoms with E-state index in [9.17, 15) is 0 Å². The van der Waals surface area contributed by atoms with E-state index in [1.807, 2.05) is 31.2 Å². The standard InChI is InChI=1S/C11H17N3O.HI/c1-9-3-5-10(6-4-9)14-11(12)13-7-2-8-15;/h3-6,15H,2,7-8H2,1H3,(H3,12,13,14);1H. The molecule has 0 radical (unpaired) electrons. The topological polar surface area (TPSA) is 70.6 Å². The lowest BCUT2D eigenvalue weighted by atomic mass is 10.2. The van der Waals surface area contributed by atoms with Crippen LogP contribution in [0.15, 0.2) is 29.3 Å². The molecule has 1 rings (SSSR count). The molecular formula is C11H18IN3O. The van der Waals surface area contributed by atoms with Gasteiger partial charge in [0.15, 0.2) is 5.96 Å². The molecule has 4 N–H and O–H groups in total. The molecule has 4 nitrogen and oxygen atoms in total. The monoisotopic (exact) mass is 335 g/mol. The second kappa shape index (κ2) is 8.35. The van der Waals surface area contributed by atoms with Gasteiger partial charge in [-0.1, -0.05) is 17.7 Å². The fourth-order valence-electron chi connectivity index (χ4n) is 1.09. The summed E-state index contributed by atoms with van der Waals surface area (Å²) in [5.74, 6) is 0.382. The maximum atomic E-state index is 8.57. The number of anilines is 1. The highest BCUT2D eigenvalue weighted by atomic mass is 127. The quantitative estimate of drug-likeness (QED) is 0.340. The molecule has 1 aromatic carbocycles. The highest BCUT2D eigenvalue weighted by molar-refractivity contribution is 14.0. The molecule has 0 unspecified atom stereocenters. The van der Waals surface area contributed by atoms with Crippen molar-refractivity contribution in [2.75, 3.05) is 18.5 Å². The van der Waals surface area contributed by atoms with Crippen molar-refractivity contribution in [3.05, 3.63) is 29.8 Å². The number of guanidine groups is 1. The zero-order chi connectivity index (χ0) is 11.1. The number of rotatable bonds is 4. The van der Waals surface area contributed by atoms with Crippen molar-refractivity contribution in [1.82, 2.24) is 0 Å². The zero-order valence-corrected chi connectivity index (χ0v) is 11.6. The van der Waals surface area contributed by atoms with Gasteiger partial charge in [0.2, 0.25) is 0 Å². The minimum absolute atomic E-state index is 0. The molecule has 0 aliphatic carbocycles. The number of nitrogens with one attached hydrogen (secondary N) is 1. The Hall–Kier alpha value is -0.820. The van der Waals surface area contributed by atoms with Crippen LogP contribution in [-0.2, 0) is 0 Å². The first-order valence-electron chi connectivity index (χ1n) is 4.97. The van der Waals surface area contributed by atoms with Gasteiger partial charge in [0.25, 0.3) is 0 Å². The van der Waals surface area contributed by atoms with Gasteiger partial charge in [-0.2, -0.15) is 0 Å². The van der Waals surface area contributed by atoms with E-state index in [1.54, 1.807) is 0 Å². The molecule has 0 heterocycles. The third-order valence-electron chi connectivity index (χ3n) is 1.92. The molecule has 0 saturated heterocycles. The molecule has 0 aliphatic rings. The Morgan fingerprint density at radius 1 is 1.38 bits per heavy atom. The van der Waals surface area contributed by atoms with Crippen LogP contribution in [0, 0.1) is 6.92 Å². The smallest absolute Gasteiger partial charge is 0.193 e. The summed E-state index contributed by atoms with van der Waals surface area (Å²) in [5.41, 5.74) is 7.77. The summed E-state index contributed by atoms with van der Waals surface area (Å²) in [6.45, 7) is 2.71. The van der Waals surface area contributed by atoms with Crippen LogP contribution in [0.25, 0.3) is 0 Å². The average Bonchev–Trinajstić information content (AvgIpc) is 2.22. The second-order valence-corrected chi connectivity index (χ2v) is 3.34. The van der Waals surface area contributed by atoms with Crippen molar-refractivity contribution in [2.24, 2.45) is 10.7 Å². The van der Waals surface area contributed by atoms with E-state index in [2.05, 4.69) is 10.3 Å². The number of benzene rings is 1. The lowest BCUT2D eigenvalue weighted by Crippen LogP contribution is -2.22. The maximum Gasteiger partial charge on any atom is 0.193 e. The van der Waals surface area contributed by atoms with Gasteiger partial charge in [-0.25, -0.2) is 0 Å². The number of nitrogens with two attached hydrogens (primary N) is 1. The molecule has 0 spiro atoms. The fraction of sp³-hybridized carbons (Fsp3) is 0.364. The first-order valence-corrected chi connectivity index (χ1v) is 4.97. The number of halogens is 1. The number of hydrogen-bond donors (Lipinski definition) is 3. The Kier molecular flexibility index (Phi) is 7.92. The Morgan fingerprint density at radius 2 is 2.00 bits per heavy atom. The van der Waals surface area contributed by atoms with Gasteiger partial charge >= 0.3 is 0 Å². The molecule has 0 saturated carbocycles. The lowest BCUT2D eigenvalue weighted by Gasteiger charge is -2.05. The van der Waals surface area contributed by atoms with Crippen LogP contribution in [0.3, 0.4) is 0 Å². The molecule has 16 heavy (non-hydrogen) atoms. The van der Waals surface area contributed by atoms with Gasteiger partial charge in [0.05, 0.1) is 0 Å². The molecule has 0 aromatic heterocycles. The lowest BCUT2D eigenvalue weighted by molar-refractivity contribution is 0.291. The number of hydrogen-bond acceptors (Lipinski definition) is 2. The maximum absolute atomic E-state index is 8.57. The van der Waals surface area contributed by atoms with Crippen LogP contribution in [-0.4, -0.2) is 24.2 Å². The molecule has 0 amide bonds. The van der Waals surface area contributed by atoms with Gasteiger partial charge in [-0.15, -0.1) is 24.0 Å². The first-order chi connectivity index (χ1) is 7.22. The van der Waals surface area contributed by atoms with E-state index < -0.39 is 0 Å². The molecule has 1 aromatic rings. The van der Waals surface area contributed by atoms with Crippen molar-refractivity contribution in [3.8, 4) is 0 Å². The third-order valence-corrected chi connectivity index (χ3v) is 1.92. The van der Waals surface area contributed by atoms with Crippen LogP contribution in [0.1, 0.15) is 12.0 Å². The van der Waals surface area contributed by atoms with E-state index in [0.29, 0.717) is 18.9 Å². The van der Waals surface area contributed by atoms with Crippen LogP contribution >= 0.6 is 24.0 Å². The molecule has 0 aliphatic heterocycles. The largest absolute Gasteiger partial charge is 0.396 e. The number of aryl methyl sites for hydroxylation is 1. The average molecular weight is 335 g/mol. The van der Waals surface area contributed by atoms with Crippen molar-refractivity contribution in [1.29, 1.82) is 0 Å². The predicted octanol–water partition coefficient (Wildman–Crippen LogP) is 1.72. The minimum atomic E-state index is 0. The van der Waals surface area contributed by atoms with Gasteiger partial charge in [-0.3, -0.25) is 4.99 Å². The number of aliphatic imine (C=N–C) groups is 1. The van der Waals surface area contributed by atoms with E-state index in [-0.39, 0.29) is 30.6 Å². The summed E-state index contributed by atoms with van der Waals surface area (Å²) >= 11 is 0. The van der Waals surface area contributed by atoms with E-state index in [1.165, 1.54) is 5.56 Å². The van der Waals surface area contributed by atoms with Crippen LogP contribution in [0.4, 0.5) is 5.69 Å². The van der Waals surface area contributed by atoms with E-state index in [4.69, 9.17) is 10.8 Å². The van der Waals surface area contributed by atoms with Gasteiger partial charge in [0, 0.05) is 18.8 Å². The summed E-state index contributed by atoms with van der Waals surface area (Å²) in [4.78, 5) is 4.05. The first kappa shape index (κ1) is 15.2. The van der Waals surface area contributed by atoms with Crippen molar-refractivity contribution in [3.63, 3.8) is 0 Å². The summed E-state index contributed by atoms with van der Waals surface area (Å²) < 4.78 is 0. The third kappa shape index (κ3) is 5.92. The van der Waals surface area contributed by atoms with Crippen LogP contribution < -0.4 is 11.1 Å². The normalized spacial score (nSPS) is 10.8. The predicted molar refractivity (Wildman–Crippen MR) is 78.4 cm³/mol. The summed E-state index contributed by atoms with van der Waals surface area (Å²) in [5, 5.41) is 11.5. The van der Waals surface area contributed by atoms with Crippen molar-refractivity contribution >= 4 is 35.6 Å². The molecule has 5 heteroatoms. The van der Waals surface area contributed by atoms with Crippen LogP contribution in [0.5, 0.6) is 0 Å². The number of aliphatic hydroxyl groups is 1. The second-order valence-electron chi connectivity index (χ2n) is 3.34. The Bertz CT molecular complexity index is 325.